The van der Waals surface area contributed by atoms with Crippen LogP contribution in [0.2, 0.25) is 0 Å². The first kappa shape index (κ1) is 20.1. The van der Waals surface area contributed by atoms with E-state index in [-0.39, 0.29) is 12.5 Å². The summed E-state index contributed by atoms with van der Waals surface area (Å²) in [4.78, 5) is 24.6. The first-order chi connectivity index (χ1) is 12.3. The van der Waals surface area contributed by atoms with Gasteiger partial charge in [0.2, 0.25) is 0 Å². The van der Waals surface area contributed by atoms with Crippen LogP contribution in [0.4, 0.5) is 13.2 Å². The quantitative estimate of drug-likeness (QED) is 0.835. The third kappa shape index (κ3) is 5.93. The van der Waals surface area contributed by atoms with E-state index < -0.39 is 18.1 Å². The molecule has 1 aliphatic rings. The number of hydrogen-bond acceptors (Lipinski definition) is 3. The van der Waals surface area contributed by atoms with Crippen LogP contribution in [0.15, 0.2) is 24.3 Å². The molecule has 0 aliphatic carbocycles. The summed E-state index contributed by atoms with van der Waals surface area (Å²) in [7, 11) is 0. The zero-order chi connectivity index (χ0) is 19.2. The Bertz CT molecular complexity index is 609. The van der Waals surface area contributed by atoms with Crippen LogP contribution >= 0.6 is 0 Å². The first-order valence-electron chi connectivity index (χ1n) is 8.66. The number of piperidine rings is 1. The molecule has 26 heavy (non-hydrogen) atoms. The molecule has 0 bridgehead atoms. The van der Waals surface area contributed by atoms with Gasteiger partial charge in [-0.3, -0.25) is 9.59 Å². The predicted molar refractivity (Wildman–Crippen MR) is 89.7 cm³/mol. The summed E-state index contributed by atoms with van der Waals surface area (Å²) in [5, 5.41) is 1.96. The van der Waals surface area contributed by atoms with Crippen molar-refractivity contribution >= 4 is 11.8 Å². The molecular formula is C18H23F3N2O3. The molecule has 1 heterocycles. The Kier molecular flexibility index (Phi) is 6.88. The molecule has 1 fully saturated rings. The molecule has 0 aromatic heterocycles. The number of halogens is 3. The second kappa shape index (κ2) is 8.91. The van der Waals surface area contributed by atoms with Gasteiger partial charge in [0.05, 0.1) is 0 Å². The van der Waals surface area contributed by atoms with Crippen LogP contribution in [0.5, 0.6) is 5.75 Å². The number of nitrogens with zero attached hydrogens (tertiary/aromatic N) is 1. The van der Waals surface area contributed by atoms with Crippen molar-refractivity contribution in [3.8, 4) is 5.75 Å². The van der Waals surface area contributed by atoms with Crippen molar-refractivity contribution in [2.24, 2.45) is 0 Å². The summed E-state index contributed by atoms with van der Waals surface area (Å²) in [6, 6.07) is 6.98. The normalized spacial score (nSPS) is 15.6. The van der Waals surface area contributed by atoms with Crippen molar-refractivity contribution < 1.29 is 27.5 Å². The van der Waals surface area contributed by atoms with Gasteiger partial charge < -0.3 is 15.0 Å². The van der Waals surface area contributed by atoms with Crippen molar-refractivity contribution in [3.05, 3.63) is 29.8 Å². The molecule has 8 heteroatoms. The lowest BCUT2D eigenvalue weighted by atomic mass is 10.0. The van der Waals surface area contributed by atoms with Gasteiger partial charge in [-0.1, -0.05) is 25.5 Å². The maximum absolute atomic E-state index is 12.2. The summed E-state index contributed by atoms with van der Waals surface area (Å²) in [5.74, 6) is -1.55. The Morgan fingerprint density at radius 2 is 1.81 bits per heavy atom. The number of nitrogens with one attached hydrogen (secondary N) is 1. The summed E-state index contributed by atoms with van der Waals surface area (Å²) in [6.07, 6.45) is -2.26. The number of rotatable bonds is 6. The number of carbonyl (C=O) groups is 2. The molecule has 1 aliphatic heterocycles. The smallest absolute Gasteiger partial charge is 0.471 e. The lowest BCUT2D eigenvalue weighted by molar-refractivity contribution is -0.174. The van der Waals surface area contributed by atoms with Crippen molar-refractivity contribution in [3.63, 3.8) is 0 Å². The zero-order valence-electron chi connectivity index (χ0n) is 14.6. The van der Waals surface area contributed by atoms with E-state index >= 15 is 0 Å². The molecule has 1 aromatic rings. The van der Waals surface area contributed by atoms with Gasteiger partial charge in [0.1, 0.15) is 5.75 Å². The zero-order valence-corrected chi connectivity index (χ0v) is 14.6. The third-order valence-electron chi connectivity index (χ3n) is 4.26. The molecule has 0 spiro atoms. The molecule has 1 aromatic carbocycles. The molecule has 2 amide bonds. The fourth-order valence-corrected chi connectivity index (χ4v) is 2.82. The summed E-state index contributed by atoms with van der Waals surface area (Å²) in [5.41, 5.74) is 1.20. The number of amides is 2. The van der Waals surface area contributed by atoms with Gasteiger partial charge in [-0.15, -0.1) is 0 Å². The second-order valence-corrected chi connectivity index (χ2v) is 6.31. The molecular weight excluding hydrogens is 349 g/mol. The fraction of sp³-hybridized carbons (Fsp3) is 0.556. The standard InChI is InChI=1S/C18H23F3N2O3/c1-2-3-13-4-6-15(7-5-13)26-12-16(24)23-10-8-14(9-11-23)22-17(25)18(19,20)21/h4-7,14H,2-3,8-12H2,1H3,(H,22,25). The summed E-state index contributed by atoms with van der Waals surface area (Å²) >= 11 is 0. The lowest BCUT2D eigenvalue weighted by Gasteiger charge is -2.32. The molecule has 1 N–H and O–H groups in total. The van der Waals surface area contributed by atoms with Gasteiger partial charge in [-0.05, 0) is 37.0 Å². The molecule has 1 saturated heterocycles. The molecule has 2 rings (SSSR count). The van der Waals surface area contributed by atoms with Crippen molar-refractivity contribution in [1.29, 1.82) is 0 Å². The number of alkyl halides is 3. The van der Waals surface area contributed by atoms with Crippen LogP contribution in [0.25, 0.3) is 0 Å². The van der Waals surface area contributed by atoms with Gasteiger partial charge in [0, 0.05) is 19.1 Å². The van der Waals surface area contributed by atoms with Crippen LogP contribution in [0, 0.1) is 0 Å². The van der Waals surface area contributed by atoms with Crippen LogP contribution in [0.3, 0.4) is 0 Å². The number of ether oxygens (including phenoxy) is 1. The molecule has 0 unspecified atom stereocenters. The third-order valence-corrected chi connectivity index (χ3v) is 4.26. The van der Waals surface area contributed by atoms with Gasteiger partial charge in [0.25, 0.3) is 5.91 Å². The minimum atomic E-state index is -4.88. The Morgan fingerprint density at radius 1 is 1.19 bits per heavy atom. The van der Waals surface area contributed by atoms with E-state index in [0.29, 0.717) is 31.7 Å². The van der Waals surface area contributed by atoms with E-state index in [4.69, 9.17) is 4.74 Å². The van der Waals surface area contributed by atoms with E-state index in [9.17, 15) is 22.8 Å². The predicted octanol–water partition coefficient (Wildman–Crippen LogP) is 2.69. The molecule has 144 valence electrons. The number of aryl methyl sites for hydroxylation is 1. The number of carbonyl (C=O) groups excluding carboxylic acids is 2. The van der Waals surface area contributed by atoms with E-state index in [1.165, 1.54) is 5.56 Å². The van der Waals surface area contributed by atoms with Gasteiger partial charge in [-0.2, -0.15) is 13.2 Å². The Morgan fingerprint density at radius 3 is 2.35 bits per heavy atom. The Balaban J connectivity index is 1.73. The minimum absolute atomic E-state index is 0.118. The number of hydrogen-bond donors (Lipinski definition) is 1. The molecule has 0 radical (unpaired) electrons. The molecule has 0 saturated carbocycles. The van der Waals surface area contributed by atoms with Crippen molar-refractivity contribution in [2.75, 3.05) is 19.7 Å². The van der Waals surface area contributed by atoms with Crippen LogP contribution in [-0.2, 0) is 16.0 Å². The molecule has 0 atom stereocenters. The second-order valence-electron chi connectivity index (χ2n) is 6.31. The van der Waals surface area contributed by atoms with E-state index in [1.807, 2.05) is 29.6 Å². The van der Waals surface area contributed by atoms with Gasteiger partial charge in [-0.25, -0.2) is 0 Å². The maximum Gasteiger partial charge on any atom is 0.471 e. The van der Waals surface area contributed by atoms with E-state index in [2.05, 4.69) is 6.92 Å². The average Bonchev–Trinajstić information content (AvgIpc) is 2.61. The van der Waals surface area contributed by atoms with E-state index in [1.54, 1.807) is 4.90 Å². The fourth-order valence-electron chi connectivity index (χ4n) is 2.82. The highest BCUT2D eigenvalue weighted by Crippen LogP contribution is 2.18. The summed E-state index contributed by atoms with van der Waals surface area (Å²) < 4.78 is 42.2. The number of benzene rings is 1. The van der Waals surface area contributed by atoms with Gasteiger partial charge >= 0.3 is 12.1 Å². The largest absolute Gasteiger partial charge is 0.484 e. The van der Waals surface area contributed by atoms with Gasteiger partial charge in [0.15, 0.2) is 6.61 Å². The first-order valence-corrected chi connectivity index (χ1v) is 8.66. The highest BCUT2D eigenvalue weighted by molar-refractivity contribution is 5.82. The monoisotopic (exact) mass is 372 g/mol. The average molecular weight is 372 g/mol. The van der Waals surface area contributed by atoms with Crippen molar-refractivity contribution in [2.45, 2.75) is 44.8 Å². The Hall–Kier alpha value is -2.25. The van der Waals surface area contributed by atoms with Crippen LogP contribution in [-0.4, -0.2) is 48.6 Å². The highest BCUT2D eigenvalue weighted by atomic mass is 19.4. The highest BCUT2D eigenvalue weighted by Gasteiger charge is 2.40. The molecule has 5 nitrogen and oxygen atoms in total. The minimum Gasteiger partial charge on any atom is -0.484 e. The SMILES string of the molecule is CCCc1ccc(OCC(=O)N2CCC(NC(=O)C(F)(F)F)CC2)cc1. The number of likely N-dealkylation sites (tertiary alicyclic amines) is 1. The van der Waals surface area contributed by atoms with Crippen LogP contribution in [0.1, 0.15) is 31.7 Å². The van der Waals surface area contributed by atoms with Crippen LogP contribution < -0.4 is 10.1 Å². The summed E-state index contributed by atoms with van der Waals surface area (Å²) in [6.45, 7) is 2.56. The van der Waals surface area contributed by atoms with Crippen molar-refractivity contribution in [1.82, 2.24) is 10.2 Å². The maximum atomic E-state index is 12.2. The lowest BCUT2D eigenvalue weighted by Crippen LogP contribution is -2.50. The van der Waals surface area contributed by atoms with E-state index in [0.717, 1.165) is 12.8 Å². The Labute approximate surface area is 150 Å². The topological polar surface area (TPSA) is 58.6 Å².